The van der Waals surface area contributed by atoms with Crippen molar-refractivity contribution in [2.24, 2.45) is 33.5 Å². The van der Waals surface area contributed by atoms with Crippen molar-refractivity contribution in [3.8, 4) is 0 Å². The molecule has 4 heteroatoms. The third-order valence-electron chi connectivity index (χ3n) is 6.52. The number of carboxylic acids is 1. The summed E-state index contributed by atoms with van der Waals surface area (Å²) in [5.41, 5.74) is 0.176. The summed E-state index contributed by atoms with van der Waals surface area (Å²) in [4.78, 5) is 21.4. The normalized spacial score (nSPS) is 28.1. The molecule has 0 radical (unpaired) electrons. The standard InChI is InChI=1S/C8H13ClO.C8H14O2/c2*1-7(2)5(6(9)10)8(7,3)4/h5H,1-4H3;5H,1-4H3,(H,9,10). The van der Waals surface area contributed by atoms with Crippen molar-refractivity contribution in [1.29, 1.82) is 0 Å². The van der Waals surface area contributed by atoms with Crippen molar-refractivity contribution in [3.63, 3.8) is 0 Å². The van der Waals surface area contributed by atoms with Crippen LogP contribution in [0.2, 0.25) is 0 Å². The predicted octanol–water partition coefficient (Wildman–Crippen LogP) is 4.19. The van der Waals surface area contributed by atoms with E-state index in [9.17, 15) is 9.59 Å². The zero-order chi connectivity index (χ0) is 16.3. The summed E-state index contributed by atoms with van der Waals surface area (Å²) in [7, 11) is 0. The van der Waals surface area contributed by atoms with E-state index in [1.54, 1.807) is 0 Å². The molecule has 0 aliphatic heterocycles. The van der Waals surface area contributed by atoms with E-state index < -0.39 is 5.97 Å². The van der Waals surface area contributed by atoms with E-state index in [0.29, 0.717) is 0 Å². The summed E-state index contributed by atoms with van der Waals surface area (Å²) in [5, 5.41) is 8.54. The minimum absolute atomic E-state index is 0.0150. The fourth-order valence-electron chi connectivity index (χ4n) is 3.58. The molecule has 0 saturated heterocycles. The maximum Gasteiger partial charge on any atom is 0.307 e. The van der Waals surface area contributed by atoms with Gasteiger partial charge in [-0.25, -0.2) is 0 Å². The van der Waals surface area contributed by atoms with Crippen LogP contribution in [0.1, 0.15) is 55.4 Å². The molecule has 2 saturated carbocycles. The molecule has 0 spiro atoms. The molecule has 0 heterocycles. The zero-order valence-corrected chi connectivity index (χ0v) is 14.6. The van der Waals surface area contributed by atoms with E-state index in [0.717, 1.165) is 0 Å². The van der Waals surface area contributed by atoms with Gasteiger partial charge in [0, 0.05) is 5.92 Å². The summed E-state index contributed by atoms with van der Waals surface area (Å²) < 4.78 is 0. The predicted molar refractivity (Wildman–Crippen MR) is 80.6 cm³/mol. The second-order valence-corrected chi connectivity index (χ2v) is 8.77. The third kappa shape index (κ3) is 2.28. The van der Waals surface area contributed by atoms with Gasteiger partial charge in [-0.15, -0.1) is 0 Å². The maximum absolute atomic E-state index is 10.8. The van der Waals surface area contributed by atoms with E-state index in [1.165, 1.54) is 0 Å². The van der Waals surface area contributed by atoms with Gasteiger partial charge in [-0.2, -0.15) is 0 Å². The monoisotopic (exact) mass is 302 g/mol. The van der Waals surface area contributed by atoms with Gasteiger partial charge in [0.05, 0.1) is 5.92 Å². The number of hydrogen-bond donors (Lipinski definition) is 1. The molecule has 0 bridgehead atoms. The molecule has 0 aromatic carbocycles. The van der Waals surface area contributed by atoms with Gasteiger partial charge in [0.15, 0.2) is 0 Å². The lowest BCUT2D eigenvalue weighted by Crippen LogP contribution is -2.03. The second kappa shape index (κ2) is 4.46. The summed E-state index contributed by atoms with van der Waals surface area (Å²) in [5.74, 6) is -0.753. The van der Waals surface area contributed by atoms with Crippen molar-refractivity contribution in [2.45, 2.75) is 55.4 Å². The third-order valence-corrected chi connectivity index (χ3v) is 6.73. The Labute approximate surface area is 127 Å². The molecule has 116 valence electrons. The van der Waals surface area contributed by atoms with E-state index in [-0.39, 0.29) is 38.7 Å². The minimum Gasteiger partial charge on any atom is -0.481 e. The molecule has 20 heavy (non-hydrogen) atoms. The number of aliphatic carboxylic acids is 1. The fourth-order valence-corrected chi connectivity index (χ4v) is 4.12. The van der Waals surface area contributed by atoms with E-state index >= 15 is 0 Å². The highest BCUT2D eigenvalue weighted by Gasteiger charge is 2.69. The first-order valence-corrected chi connectivity index (χ1v) is 7.43. The SMILES string of the molecule is CC1(C)C(C(=O)Cl)C1(C)C.CC1(C)C(C(=O)O)C1(C)C. The number of rotatable bonds is 2. The molecular weight excluding hydrogens is 276 g/mol. The lowest BCUT2D eigenvalue weighted by molar-refractivity contribution is -0.139. The van der Waals surface area contributed by atoms with E-state index in [4.69, 9.17) is 16.7 Å². The van der Waals surface area contributed by atoms with Crippen LogP contribution in [0.15, 0.2) is 0 Å². The van der Waals surface area contributed by atoms with Crippen molar-refractivity contribution in [2.75, 3.05) is 0 Å². The largest absolute Gasteiger partial charge is 0.481 e. The van der Waals surface area contributed by atoms with Gasteiger partial charge in [-0.3, -0.25) is 9.59 Å². The maximum atomic E-state index is 10.8. The van der Waals surface area contributed by atoms with Crippen LogP contribution < -0.4 is 0 Å². The van der Waals surface area contributed by atoms with Crippen LogP contribution in [0.4, 0.5) is 0 Å². The Morgan fingerprint density at radius 3 is 1.00 bits per heavy atom. The molecule has 2 aliphatic rings. The number of hydrogen-bond acceptors (Lipinski definition) is 2. The van der Waals surface area contributed by atoms with Gasteiger partial charge < -0.3 is 5.11 Å². The molecule has 0 aromatic heterocycles. The summed E-state index contributed by atoms with van der Waals surface area (Å²) >= 11 is 5.41. The molecule has 0 atom stereocenters. The van der Waals surface area contributed by atoms with Gasteiger partial charge >= 0.3 is 5.97 Å². The first-order valence-electron chi connectivity index (χ1n) is 7.05. The van der Waals surface area contributed by atoms with Crippen LogP contribution in [-0.4, -0.2) is 16.3 Å². The topological polar surface area (TPSA) is 54.4 Å². The number of carbonyl (C=O) groups excluding carboxylic acids is 1. The van der Waals surface area contributed by atoms with Crippen LogP contribution in [0.5, 0.6) is 0 Å². The number of carbonyl (C=O) groups is 2. The molecule has 0 unspecified atom stereocenters. The molecule has 2 rings (SSSR count). The van der Waals surface area contributed by atoms with Crippen LogP contribution >= 0.6 is 11.6 Å². The Kier molecular flexibility index (Phi) is 3.90. The number of halogens is 1. The number of carboxylic acid groups (broad SMARTS) is 1. The smallest absolute Gasteiger partial charge is 0.307 e. The van der Waals surface area contributed by atoms with E-state index in [2.05, 4.69) is 27.7 Å². The van der Waals surface area contributed by atoms with Gasteiger partial charge in [0.25, 0.3) is 0 Å². The first-order chi connectivity index (χ1) is 8.63. The van der Waals surface area contributed by atoms with Gasteiger partial charge in [0.2, 0.25) is 5.24 Å². The average molecular weight is 303 g/mol. The van der Waals surface area contributed by atoms with Gasteiger partial charge in [-0.05, 0) is 33.3 Å². The Bertz CT molecular complexity index is 377. The van der Waals surface area contributed by atoms with Crippen LogP contribution in [-0.2, 0) is 9.59 Å². The molecule has 0 amide bonds. The summed E-state index contributed by atoms with van der Waals surface area (Å²) in [6.45, 7) is 16.3. The zero-order valence-electron chi connectivity index (χ0n) is 13.8. The van der Waals surface area contributed by atoms with Crippen LogP contribution in [0.25, 0.3) is 0 Å². The van der Waals surface area contributed by atoms with Crippen LogP contribution in [0.3, 0.4) is 0 Å². The second-order valence-electron chi connectivity index (χ2n) is 8.40. The molecular formula is C16H27ClO3. The van der Waals surface area contributed by atoms with Crippen LogP contribution in [0, 0.1) is 33.5 Å². The highest BCUT2D eigenvalue weighted by atomic mass is 35.5. The Balaban J connectivity index is 0.000000200. The average Bonchev–Trinajstić information content (AvgIpc) is 2.73. The molecule has 2 fully saturated rings. The Morgan fingerprint density at radius 1 is 0.750 bits per heavy atom. The summed E-state index contributed by atoms with van der Waals surface area (Å²) in [6, 6.07) is 0. The molecule has 2 aliphatic carbocycles. The van der Waals surface area contributed by atoms with Crippen molar-refractivity contribution < 1.29 is 14.7 Å². The molecule has 0 aromatic rings. The van der Waals surface area contributed by atoms with Crippen molar-refractivity contribution >= 4 is 22.8 Å². The first kappa shape index (κ1) is 17.5. The van der Waals surface area contributed by atoms with Gasteiger partial charge in [0.1, 0.15) is 0 Å². The lowest BCUT2D eigenvalue weighted by Gasteiger charge is -2.03. The quantitative estimate of drug-likeness (QED) is 0.778. The fraction of sp³-hybridized carbons (Fsp3) is 0.875. The Hall–Kier alpha value is -0.570. The van der Waals surface area contributed by atoms with E-state index in [1.807, 2.05) is 27.7 Å². The minimum atomic E-state index is -0.657. The highest BCUT2D eigenvalue weighted by molar-refractivity contribution is 6.64. The Morgan fingerprint density at radius 2 is 1.00 bits per heavy atom. The lowest BCUT2D eigenvalue weighted by atomic mass is 10.0. The molecule has 3 nitrogen and oxygen atoms in total. The summed E-state index contributed by atoms with van der Waals surface area (Å²) in [6.07, 6.45) is 0. The van der Waals surface area contributed by atoms with Gasteiger partial charge in [-0.1, -0.05) is 55.4 Å². The van der Waals surface area contributed by atoms with Crippen molar-refractivity contribution in [1.82, 2.24) is 0 Å². The van der Waals surface area contributed by atoms with Crippen molar-refractivity contribution in [3.05, 3.63) is 0 Å². The highest BCUT2D eigenvalue weighted by Crippen LogP contribution is 2.69. The molecule has 1 N–H and O–H groups in total.